The largest absolute Gasteiger partial charge is 0.383 e. The Morgan fingerprint density at radius 2 is 2.25 bits per heavy atom. The van der Waals surface area contributed by atoms with Crippen LogP contribution in [-0.2, 0) is 7.05 Å². The number of anilines is 1. The van der Waals surface area contributed by atoms with E-state index in [1.165, 1.54) is 10.9 Å². The molecule has 0 saturated carbocycles. The molecule has 0 aromatic carbocycles. The van der Waals surface area contributed by atoms with E-state index in [-0.39, 0.29) is 11.9 Å². The van der Waals surface area contributed by atoms with Crippen molar-refractivity contribution in [2.45, 2.75) is 33.2 Å². The van der Waals surface area contributed by atoms with Gasteiger partial charge in [0.25, 0.3) is 5.91 Å². The number of carbonyl (C=O) groups is 1. The summed E-state index contributed by atoms with van der Waals surface area (Å²) < 4.78 is 1.49. The fourth-order valence-electron chi connectivity index (χ4n) is 1.40. The molecule has 0 spiro atoms. The highest BCUT2D eigenvalue weighted by atomic mass is 16.1. The first-order chi connectivity index (χ1) is 7.47. The zero-order valence-corrected chi connectivity index (χ0v) is 10.3. The summed E-state index contributed by atoms with van der Waals surface area (Å²) in [6.45, 7) is 6.21. The van der Waals surface area contributed by atoms with Gasteiger partial charge in [0.05, 0.1) is 6.20 Å². The van der Waals surface area contributed by atoms with Crippen LogP contribution in [0.15, 0.2) is 6.20 Å². The van der Waals surface area contributed by atoms with E-state index < -0.39 is 0 Å². The van der Waals surface area contributed by atoms with Gasteiger partial charge < -0.3 is 11.1 Å². The summed E-state index contributed by atoms with van der Waals surface area (Å²) in [5.74, 6) is 0.689. The minimum Gasteiger partial charge on any atom is -0.383 e. The maximum absolute atomic E-state index is 11.9. The molecular formula is C11H20N4O. The first kappa shape index (κ1) is 12.5. The quantitative estimate of drug-likeness (QED) is 0.806. The predicted octanol–water partition coefficient (Wildman–Crippen LogP) is 1.17. The fraction of sp³-hybridized carbons (Fsp3) is 0.636. The van der Waals surface area contributed by atoms with E-state index in [0.717, 1.165) is 6.42 Å². The molecule has 16 heavy (non-hydrogen) atoms. The SMILES string of the molecule is CCC(C)C(C)NC(=O)c1cnn(C)c1N. The second kappa shape index (κ2) is 5.01. The number of nitrogens with zero attached hydrogens (tertiary/aromatic N) is 2. The molecule has 0 aliphatic carbocycles. The average molecular weight is 224 g/mol. The van der Waals surface area contributed by atoms with E-state index >= 15 is 0 Å². The lowest BCUT2D eigenvalue weighted by Gasteiger charge is -2.19. The van der Waals surface area contributed by atoms with Gasteiger partial charge in [0.15, 0.2) is 0 Å². The molecule has 1 rings (SSSR count). The molecule has 0 bridgehead atoms. The number of nitrogens with two attached hydrogens (primary N) is 1. The second-order valence-electron chi connectivity index (χ2n) is 4.21. The summed E-state index contributed by atoms with van der Waals surface area (Å²) in [5, 5.41) is 6.87. The monoisotopic (exact) mass is 224 g/mol. The normalized spacial score (nSPS) is 14.5. The second-order valence-corrected chi connectivity index (χ2v) is 4.21. The van der Waals surface area contributed by atoms with Gasteiger partial charge in [-0.25, -0.2) is 0 Å². The summed E-state index contributed by atoms with van der Waals surface area (Å²) >= 11 is 0. The Kier molecular flexibility index (Phi) is 3.93. The average Bonchev–Trinajstić information content (AvgIpc) is 2.58. The minimum absolute atomic E-state index is 0.136. The van der Waals surface area contributed by atoms with Gasteiger partial charge in [-0.3, -0.25) is 9.48 Å². The molecule has 1 aromatic heterocycles. The Labute approximate surface area is 96.0 Å². The zero-order valence-electron chi connectivity index (χ0n) is 10.3. The molecule has 2 atom stereocenters. The maximum atomic E-state index is 11.9. The van der Waals surface area contributed by atoms with E-state index in [1.54, 1.807) is 7.05 Å². The number of rotatable bonds is 4. The number of nitrogens with one attached hydrogen (secondary N) is 1. The molecule has 0 fully saturated rings. The van der Waals surface area contributed by atoms with Crippen molar-refractivity contribution < 1.29 is 4.79 Å². The summed E-state index contributed by atoms with van der Waals surface area (Å²) in [6, 6.07) is 0.136. The van der Waals surface area contributed by atoms with Crippen molar-refractivity contribution in [2.75, 3.05) is 5.73 Å². The number of nitrogen functional groups attached to an aromatic ring is 1. The van der Waals surface area contributed by atoms with Crippen LogP contribution in [0.3, 0.4) is 0 Å². The Morgan fingerprint density at radius 3 is 2.69 bits per heavy atom. The van der Waals surface area contributed by atoms with Crippen LogP contribution >= 0.6 is 0 Å². The highest BCUT2D eigenvalue weighted by molar-refractivity contribution is 5.98. The number of hydrogen-bond donors (Lipinski definition) is 2. The summed E-state index contributed by atoms with van der Waals surface area (Å²) in [6.07, 6.45) is 2.53. The molecule has 5 nitrogen and oxygen atoms in total. The first-order valence-electron chi connectivity index (χ1n) is 5.55. The lowest BCUT2D eigenvalue weighted by atomic mass is 10.0. The Morgan fingerprint density at radius 1 is 1.62 bits per heavy atom. The highest BCUT2D eigenvalue weighted by Gasteiger charge is 2.18. The number of carbonyl (C=O) groups excluding carboxylic acids is 1. The van der Waals surface area contributed by atoms with E-state index in [2.05, 4.69) is 24.3 Å². The summed E-state index contributed by atoms with van der Waals surface area (Å²) in [7, 11) is 1.71. The van der Waals surface area contributed by atoms with Crippen LogP contribution in [0, 0.1) is 5.92 Å². The van der Waals surface area contributed by atoms with Crippen LogP contribution in [0.1, 0.15) is 37.6 Å². The van der Waals surface area contributed by atoms with Crippen molar-refractivity contribution in [3.63, 3.8) is 0 Å². The number of amides is 1. The van der Waals surface area contributed by atoms with Gasteiger partial charge in [-0.05, 0) is 12.8 Å². The van der Waals surface area contributed by atoms with E-state index in [4.69, 9.17) is 5.73 Å². The van der Waals surface area contributed by atoms with E-state index in [1.807, 2.05) is 6.92 Å². The standard InChI is InChI=1S/C11H20N4O/c1-5-7(2)8(3)14-11(16)9-6-13-15(4)10(9)12/h6-8H,5,12H2,1-4H3,(H,14,16). The van der Waals surface area contributed by atoms with Crippen LogP contribution in [0.25, 0.3) is 0 Å². The zero-order chi connectivity index (χ0) is 12.3. The van der Waals surface area contributed by atoms with Gasteiger partial charge in [0.1, 0.15) is 11.4 Å². The molecule has 1 aromatic rings. The molecule has 5 heteroatoms. The van der Waals surface area contributed by atoms with Crippen molar-refractivity contribution in [3.05, 3.63) is 11.8 Å². The van der Waals surface area contributed by atoms with Gasteiger partial charge in [0, 0.05) is 13.1 Å². The van der Waals surface area contributed by atoms with Crippen molar-refractivity contribution in [1.82, 2.24) is 15.1 Å². The Balaban J connectivity index is 2.69. The summed E-state index contributed by atoms with van der Waals surface area (Å²) in [4.78, 5) is 11.9. The molecule has 0 saturated heterocycles. The third-order valence-electron chi connectivity index (χ3n) is 3.09. The molecule has 0 radical (unpaired) electrons. The first-order valence-corrected chi connectivity index (χ1v) is 5.55. The topological polar surface area (TPSA) is 72.9 Å². The maximum Gasteiger partial charge on any atom is 0.256 e. The predicted molar refractivity (Wildman–Crippen MR) is 64.0 cm³/mol. The lowest BCUT2D eigenvalue weighted by Crippen LogP contribution is -2.37. The van der Waals surface area contributed by atoms with E-state index in [0.29, 0.717) is 17.3 Å². The van der Waals surface area contributed by atoms with Crippen molar-refractivity contribution in [1.29, 1.82) is 0 Å². The summed E-state index contributed by atoms with van der Waals surface area (Å²) in [5.41, 5.74) is 6.17. The van der Waals surface area contributed by atoms with Crippen LogP contribution in [0.5, 0.6) is 0 Å². The number of aromatic nitrogens is 2. The van der Waals surface area contributed by atoms with Gasteiger partial charge in [-0.1, -0.05) is 20.3 Å². The molecule has 3 N–H and O–H groups in total. The third kappa shape index (κ3) is 2.53. The highest BCUT2D eigenvalue weighted by Crippen LogP contribution is 2.11. The number of aryl methyl sites for hydroxylation is 1. The van der Waals surface area contributed by atoms with Crippen LogP contribution in [0.4, 0.5) is 5.82 Å². The molecule has 2 unspecified atom stereocenters. The van der Waals surface area contributed by atoms with Gasteiger partial charge >= 0.3 is 0 Å². The molecule has 90 valence electrons. The fourth-order valence-corrected chi connectivity index (χ4v) is 1.40. The Bertz CT molecular complexity index is 372. The van der Waals surface area contributed by atoms with Crippen molar-refractivity contribution >= 4 is 11.7 Å². The van der Waals surface area contributed by atoms with Crippen LogP contribution < -0.4 is 11.1 Å². The smallest absolute Gasteiger partial charge is 0.256 e. The molecule has 0 aliphatic rings. The molecular weight excluding hydrogens is 204 g/mol. The van der Waals surface area contributed by atoms with Crippen molar-refractivity contribution in [2.24, 2.45) is 13.0 Å². The molecule has 1 amide bonds. The Hall–Kier alpha value is -1.52. The van der Waals surface area contributed by atoms with Crippen LogP contribution in [0.2, 0.25) is 0 Å². The van der Waals surface area contributed by atoms with E-state index in [9.17, 15) is 4.79 Å². The minimum atomic E-state index is -0.154. The molecule has 1 heterocycles. The number of hydrogen-bond acceptors (Lipinski definition) is 3. The van der Waals surface area contributed by atoms with Crippen molar-refractivity contribution in [3.8, 4) is 0 Å². The van der Waals surface area contributed by atoms with Crippen LogP contribution in [-0.4, -0.2) is 21.7 Å². The molecule has 0 aliphatic heterocycles. The van der Waals surface area contributed by atoms with Gasteiger partial charge in [-0.2, -0.15) is 5.10 Å². The van der Waals surface area contributed by atoms with Gasteiger partial charge in [0.2, 0.25) is 0 Å². The third-order valence-corrected chi connectivity index (χ3v) is 3.09. The lowest BCUT2D eigenvalue weighted by molar-refractivity contribution is 0.0929. The van der Waals surface area contributed by atoms with Gasteiger partial charge in [-0.15, -0.1) is 0 Å².